The number of likely N-dealkylation sites (tertiary alicyclic amines) is 1. The van der Waals surface area contributed by atoms with Crippen LogP contribution in [0, 0.1) is 0 Å². The highest BCUT2D eigenvalue weighted by Gasteiger charge is 2.44. The molecule has 1 aromatic carbocycles. The third kappa shape index (κ3) is 3.76. The van der Waals surface area contributed by atoms with Gasteiger partial charge in [0.05, 0.1) is 16.7 Å². The van der Waals surface area contributed by atoms with E-state index < -0.39 is 35.3 Å². The minimum Gasteiger partial charge on any atom is -0.388 e. The Balaban J connectivity index is 1.46. The van der Waals surface area contributed by atoms with Gasteiger partial charge in [-0.25, -0.2) is 0 Å². The lowest BCUT2D eigenvalue weighted by molar-refractivity contribution is -0.136. The molecule has 0 radical (unpaired) electrons. The van der Waals surface area contributed by atoms with Crippen molar-refractivity contribution >= 4 is 23.6 Å². The van der Waals surface area contributed by atoms with Gasteiger partial charge in [-0.15, -0.1) is 0 Å². The van der Waals surface area contributed by atoms with E-state index in [0.29, 0.717) is 31.5 Å². The number of benzene rings is 1. The predicted octanol–water partition coefficient (Wildman–Crippen LogP) is -0.366. The number of nitrogens with zero attached hydrogens (tertiary/aromatic N) is 2. The molecule has 3 aliphatic rings. The molecule has 9 nitrogen and oxygen atoms in total. The molecule has 3 aliphatic heterocycles. The van der Waals surface area contributed by atoms with Crippen LogP contribution in [-0.2, 0) is 16.1 Å². The fraction of sp³-hybridized carbons (Fsp3) is 0.524. The number of likely N-dealkylation sites (N-methyl/N-ethyl adjacent to an activating group) is 1. The summed E-state index contributed by atoms with van der Waals surface area (Å²) < 4.78 is 0. The second-order valence-electron chi connectivity index (χ2n) is 8.36. The first-order chi connectivity index (χ1) is 14.3. The van der Waals surface area contributed by atoms with Gasteiger partial charge in [0, 0.05) is 32.6 Å². The van der Waals surface area contributed by atoms with E-state index in [4.69, 9.17) is 0 Å². The summed E-state index contributed by atoms with van der Waals surface area (Å²) >= 11 is 0. The quantitative estimate of drug-likeness (QED) is 0.563. The fourth-order valence-electron chi connectivity index (χ4n) is 4.51. The molecule has 30 heavy (non-hydrogen) atoms. The van der Waals surface area contributed by atoms with Crippen LogP contribution in [0.3, 0.4) is 0 Å². The lowest BCUT2D eigenvalue weighted by Gasteiger charge is -2.38. The van der Waals surface area contributed by atoms with Crippen molar-refractivity contribution < 1.29 is 24.3 Å². The smallest absolute Gasteiger partial charge is 0.262 e. The van der Waals surface area contributed by atoms with Crippen LogP contribution in [0.1, 0.15) is 52.0 Å². The van der Waals surface area contributed by atoms with E-state index in [-0.39, 0.29) is 18.4 Å². The predicted molar refractivity (Wildman–Crippen MR) is 107 cm³/mol. The summed E-state index contributed by atoms with van der Waals surface area (Å²) in [5.41, 5.74) is 0.800. The van der Waals surface area contributed by atoms with Gasteiger partial charge in [0.25, 0.3) is 11.8 Å². The van der Waals surface area contributed by atoms with Gasteiger partial charge < -0.3 is 10.4 Å². The van der Waals surface area contributed by atoms with Crippen molar-refractivity contribution in [3.05, 3.63) is 34.9 Å². The summed E-state index contributed by atoms with van der Waals surface area (Å²) in [7, 11) is 1.82. The van der Waals surface area contributed by atoms with Gasteiger partial charge >= 0.3 is 0 Å². The maximum Gasteiger partial charge on any atom is 0.262 e. The van der Waals surface area contributed by atoms with Crippen LogP contribution >= 0.6 is 0 Å². The Kier molecular flexibility index (Phi) is 5.44. The number of carbonyl (C=O) groups is 4. The Hall–Kier alpha value is -2.62. The van der Waals surface area contributed by atoms with E-state index >= 15 is 0 Å². The average molecular weight is 414 g/mol. The molecule has 3 heterocycles. The van der Waals surface area contributed by atoms with Crippen molar-refractivity contribution in [1.29, 1.82) is 0 Å². The highest BCUT2D eigenvalue weighted by Crippen LogP contribution is 2.29. The Bertz CT molecular complexity index is 907. The first kappa shape index (κ1) is 20.6. The van der Waals surface area contributed by atoms with Gasteiger partial charge in [-0.3, -0.25) is 34.3 Å². The molecule has 0 bridgehead atoms. The molecule has 9 heteroatoms. The van der Waals surface area contributed by atoms with Crippen LogP contribution in [0.4, 0.5) is 0 Å². The van der Waals surface area contributed by atoms with Crippen LogP contribution < -0.4 is 10.6 Å². The molecule has 0 saturated carbocycles. The third-order valence-corrected chi connectivity index (χ3v) is 6.20. The maximum atomic E-state index is 12.9. The number of fused-ring (bicyclic) bond motifs is 1. The van der Waals surface area contributed by atoms with Crippen molar-refractivity contribution in [2.45, 2.75) is 43.9 Å². The second-order valence-corrected chi connectivity index (χ2v) is 8.36. The molecule has 3 N–H and O–H groups in total. The van der Waals surface area contributed by atoms with Crippen LogP contribution in [0.15, 0.2) is 18.2 Å². The molecule has 2 saturated heterocycles. The van der Waals surface area contributed by atoms with Crippen molar-refractivity contribution in [3.8, 4) is 0 Å². The summed E-state index contributed by atoms with van der Waals surface area (Å²) in [5.74, 6) is -1.99. The van der Waals surface area contributed by atoms with Crippen molar-refractivity contribution in [1.82, 2.24) is 20.4 Å². The summed E-state index contributed by atoms with van der Waals surface area (Å²) in [6.07, 6.45) is 1.58. The van der Waals surface area contributed by atoms with E-state index in [1.165, 1.54) is 0 Å². The monoisotopic (exact) mass is 414 g/mol. The van der Waals surface area contributed by atoms with Gasteiger partial charge in [-0.05, 0) is 44.0 Å². The van der Waals surface area contributed by atoms with Gasteiger partial charge in [0.2, 0.25) is 11.8 Å². The Morgan fingerprint density at radius 2 is 1.83 bits per heavy atom. The zero-order valence-electron chi connectivity index (χ0n) is 16.9. The Labute approximate surface area is 174 Å². The minimum absolute atomic E-state index is 0.101. The van der Waals surface area contributed by atoms with Crippen molar-refractivity contribution in [2.75, 3.05) is 26.7 Å². The molecule has 1 aromatic rings. The molecular weight excluding hydrogens is 388 g/mol. The van der Waals surface area contributed by atoms with E-state index in [2.05, 4.69) is 15.5 Å². The van der Waals surface area contributed by atoms with Crippen LogP contribution in [0.5, 0.6) is 0 Å². The summed E-state index contributed by atoms with van der Waals surface area (Å²) in [5, 5.41) is 15.7. The lowest BCUT2D eigenvalue weighted by atomic mass is 9.91. The topological polar surface area (TPSA) is 119 Å². The first-order valence-electron chi connectivity index (χ1n) is 10.3. The van der Waals surface area contributed by atoms with Crippen LogP contribution in [0.25, 0.3) is 0 Å². The maximum absolute atomic E-state index is 12.9. The van der Waals surface area contributed by atoms with E-state index in [1.807, 2.05) is 13.1 Å². The van der Waals surface area contributed by atoms with Gasteiger partial charge in [-0.1, -0.05) is 6.07 Å². The van der Waals surface area contributed by atoms with E-state index in [9.17, 15) is 24.3 Å². The SMILES string of the molecule is CNCC1(O)CCN(Cc2ccc3c(c2)C(=O)N(C2CCC(=O)NC2=O)C3=O)CC1. The highest BCUT2D eigenvalue weighted by atomic mass is 16.3. The van der Waals surface area contributed by atoms with Gasteiger partial charge in [-0.2, -0.15) is 0 Å². The molecular formula is C21H26N4O5. The van der Waals surface area contributed by atoms with E-state index in [1.54, 1.807) is 12.1 Å². The zero-order chi connectivity index (χ0) is 21.5. The van der Waals surface area contributed by atoms with Crippen molar-refractivity contribution in [3.63, 3.8) is 0 Å². The number of amides is 4. The number of piperidine rings is 2. The molecule has 4 rings (SSSR count). The average Bonchev–Trinajstić information content (AvgIpc) is 2.95. The molecule has 4 amide bonds. The molecule has 160 valence electrons. The van der Waals surface area contributed by atoms with Crippen molar-refractivity contribution in [2.24, 2.45) is 0 Å². The van der Waals surface area contributed by atoms with Crippen LogP contribution in [-0.4, -0.2) is 76.9 Å². The normalized spacial score (nSPS) is 24.2. The number of carbonyl (C=O) groups excluding carboxylic acids is 4. The zero-order valence-corrected chi connectivity index (χ0v) is 16.9. The highest BCUT2D eigenvalue weighted by molar-refractivity contribution is 6.23. The number of hydrogen-bond acceptors (Lipinski definition) is 7. The molecule has 0 aromatic heterocycles. The number of rotatable bonds is 5. The summed E-state index contributed by atoms with van der Waals surface area (Å²) in [6.45, 7) is 2.66. The Morgan fingerprint density at radius 1 is 1.13 bits per heavy atom. The number of hydrogen-bond donors (Lipinski definition) is 3. The Morgan fingerprint density at radius 3 is 2.50 bits per heavy atom. The van der Waals surface area contributed by atoms with Gasteiger partial charge in [0.15, 0.2) is 0 Å². The minimum atomic E-state index is -0.953. The number of nitrogens with one attached hydrogen (secondary N) is 2. The summed E-state index contributed by atoms with van der Waals surface area (Å²) in [4.78, 5) is 52.4. The molecule has 1 atom stereocenters. The largest absolute Gasteiger partial charge is 0.388 e. The summed E-state index contributed by atoms with van der Waals surface area (Å²) in [6, 6.07) is 4.23. The second kappa shape index (κ2) is 7.90. The number of aliphatic hydroxyl groups is 1. The molecule has 2 fully saturated rings. The number of imide groups is 2. The fourth-order valence-corrected chi connectivity index (χ4v) is 4.51. The lowest BCUT2D eigenvalue weighted by Crippen LogP contribution is -2.54. The molecule has 0 spiro atoms. The third-order valence-electron chi connectivity index (χ3n) is 6.20. The van der Waals surface area contributed by atoms with Gasteiger partial charge in [0.1, 0.15) is 6.04 Å². The first-order valence-corrected chi connectivity index (χ1v) is 10.3. The van der Waals surface area contributed by atoms with E-state index in [0.717, 1.165) is 23.6 Å². The standard InChI is InChI=1S/C21H26N4O5/c1-22-12-21(30)6-8-24(9-7-21)11-13-2-3-14-15(10-13)20(29)25(19(14)28)16-4-5-17(26)23-18(16)27/h2-3,10,16,22,30H,4-9,11-12H2,1H3,(H,23,26,27). The van der Waals surface area contributed by atoms with Crippen LogP contribution in [0.2, 0.25) is 0 Å². The molecule has 1 unspecified atom stereocenters. The molecule has 0 aliphatic carbocycles.